The van der Waals surface area contributed by atoms with Crippen LogP contribution in [-0.4, -0.2) is 46.6 Å². The Morgan fingerprint density at radius 3 is 2.54 bits per heavy atom. The summed E-state index contributed by atoms with van der Waals surface area (Å²) in [6.45, 7) is 0. The maximum absolute atomic E-state index is 13.7. The lowest BCUT2D eigenvalue weighted by Crippen LogP contribution is -2.35. The summed E-state index contributed by atoms with van der Waals surface area (Å²) >= 11 is 1.15. The van der Waals surface area contributed by atoms with Crippen molar-refractivity contribution in [1.82, 2.24) is 14.5 Å². The number of hydrogen-bond acceptors (Lipinski definition) is 10. The molecule has 0 radical (unpaired) electrons. The summed E-state index contributed by atoms with van der Waals surface area (Å²) in [5.74, 6) is -1.62. The summed E-state index contributed by atoms with van der Waals surface area (Å²) in [6.07, 6.45) is 5.54. The molecule has 2 heterocycles. The molecule has 1 aliphatic carbocycles. The molecule has 10 nitrogen and oxygen atoms in total. The molecule has 0 unspecified atom stereocenters. The van der Waals surface area contributed by atoms with Crippen LogP contribution in [0, 0.1) is 11.3 Å². The first-order valence-electron chi connectivity index (χ1n) is 11.9. The number of carbonyl (C=O) groups excluding carboxylic acids is 2. The first kappa shape index (κ1) is 24.4. The minimum absolute atomic E-state index is 0.165. The van der Waals surface area contributed by atoms with Crippen LogP contribution in [-0.2, 0) is 4.74 Å². The predicted octanol–water partition coefficient (Wildman–Crippen LogP) is 3.70. The van der Waals surface area contributed by atoms with E-state index in [1.54, 1.807) is 6.07 Å². The number of nitrogen functional groups attached to an aromatic ring is 1. The standard InChI is InChI=1S/C26H24N6O4S/c1-31(16-6-4-3-5-7-16)18-12-17-21(22-19(18)30-26(28)37-22)32(24(34)20(29-17)25(35)36-2)23(33)15-10-8-14(13-27)9-11-15/h8-12,16H,3-7H2,1-2H3,(H2,28,30). The lowest BCUT2D eigenvalue weighted by molar-refractivity contribution is 0.0592. The Kier molecular flexibility index (Phi) is 6.35. The number of methoxy groups -OCH3 is 1. The van der Waals surface area contributed by atoms with Gasteiger partial charge in [0.1, 0.15) is 5.52 Å². The summed E-state index contributed by atoms with van der Waals surface area (Å²) in [5, 5.41) is 9.39. The van der Waals surface area contributed by atoms with Gasteiger partial charge in [0.05, 0.1) is 40.2 Å². The molecule has 11 heteroatoms. The highest BCUT2D eigenvalue weighted by atomic mass is 32.1. The van der Waals surface area contributed by atoms with Crippen LogP contribution in [0.15, 0.2) is 35.1 Å². The van der Waals surface area contributed by atoms with Crippen molar-refractivity contribution in [1.29, 1.82) is 5.26 Å². The summed E-state index contributed by atoms with van der Waals surface area (Å²) in [6, 6.07) is 9.94. The van der Waals surface area contributed by atoms with Crippen LogP contribution in [0.3, 0.4) is 0 Å². The number of nitrogens with two attached hydrogens (primary N) is 1. The van der Waals surface area contributed by atoms with Crippen molar-refractivity contribution in [2.75, 3.05) is 24.8 Å². The first-order valence-corrected chi connectivity index (χ1v) is 12.7. The van der Waals surface area contributed by atoms with Crippen LogP contribution >= 0.6 is 11.3 Å². The van der Waals surface area contributed by atoms with E-state index in [0.29, 0.717) is 21.8 Å². The fourth-order valence-corrected chi connectivity index (χ4v) is 5.79. The molecule has 0 bridgehead atoms. The Labute approximate surface area is 215 Å². The van der Waals surface area contributed by atoms with Crippen molar-refractivity contribution < 1.29 is 14.3 Å². The van der Waals surface area contributed by atoms with E-state index in [1.807, 2.05) is 13.1 Å². The van der Waals surface area contributed by atoms with Crippen LogP contribution in [0.2, 0.25) is 0 Å². The summed E-state index contributed by atoms with van der Waals surface area (Å²) in [5.41, 5.74) is 7.08. The van der Waals surface area contributed by atoms with E-state index < -0.39 is 23.1 Å². The van der Waals surface area contributed by atoms with Gasteiger partial charge in [-0.25, -0.2) is 19.3 Å². The number of hydrogen-bond donors (Lipinski definition) is 1. The molecule has 2 N–H and O–H groups in total. The predicted molar refractivity (Wildman–Crippen MR) is 141 cm³/mol. The Balaban J connectivity index is 1.82. The van der Waals surface area contributed by atoms with E-state index in [4.69, 9.17) is 15.7 Å². The molecule has 4 aromatic rings. The molecule has 2 aromatic heterocycles. The van der Waals surface area contributed by atoms with E-state index in [9.17, 15) is 14.4 Å². The van der Waals surface area contributed by atoms with Gasteiger partial charge in [-0.2, -0.15) is 5.26 Å². The van der Waals surface area contributed by atoms with Gasteiger partial charge in [0.15, 0.2) is 5.13 Å². The van der Waals surface area contributed by atoms with Gasteiger partial charge < -0.3 is 15.4 Å². The average molecular weight is 517 g/mol. The number of aromatic nitrogens is 3. The zero-order chi connectivity index (χ0) is 26.3. The number of esters is 1. The third-order valence-corrected chi connectivity index (χ3v) is 7.72. The second kappa shape index (κ2) is 9.63. The molecular formula is C26H24N6O4S. The van der Waals surface area contributed by atoms with Gasteiger partial charge >= 0.3 is 5.97 Å². The first-order chi connectivity index (χ1) is 17.8. The van der Waals surface area contributed by atoms with Gasteiger partial charge in [-0.05, 0) is 43.2 Å². The Morgan fingerprint density at radius 2 is 1.89 bits per heavy atom. The van der Waals surface area contributed by atoms with Gasteiger partial charge in [-0.15, -0.1) is 0 Å². The number of carbonyl (C=O) groups is 2. The molecule has 0 atom stereocenters. The molecule has 1 aliphatic rings. The molecular weight excluding hydrogens is 492 g/mol. The van der Waals surface area contributed by atoms with Crippen molar-refractivity contribution in [3.05, 3.63) is 57.5 Å². The van der Waals surface area contributed by atoms with Crippen molar-refractivity contribution in [2.45, 2.75) is 38.1 Å². The average Bonchev–Trinajstić information content (AvgIpc) is 3.33. The SMILES string of the molecule is COC(=O)c1nc2cc(N(C)C3CCCCC3)c3nc(N)sc3c2n(C(=O)c2ccc(C#N)cc2)c1=O. The normalized spacial score (nSPS) is 14.0. The highest BCUT2D eigenvalue weighted by Gasteiger charge is 2.28. The van der Waals surface area contributed by atoms with Crippen molar-refractivity contribution in [3.8, 4) is 6.07 Å². The molecule has 5 rings (SSSR count). The van der Waals surface area contributed by atoms with Crippen LogP contribution in [0.4, 0.5) is 10.8 Å². The molecule has 1 fully saturated rings. The van der Waals surface area contributed by atoms with E-state index >= 15 is 0 Å². The van der Waals surface area contributed by atoms with Gasteiger partial charge in [0.2, 0.25) is 5.69 Å². The fraction of sp³-hybridized carbons (Fsp3) is 0.308. The van der Waals surface area contributed by atoms with Gasteiger partial charge in [-0.1, -0.05) is 30.6 Å². The number of nitrogens with zero attached hydrogens (tertiary/aromatic N) is 5. The molecule has 37 heavy (non-hydrogen) atoms. The van der Waals surface area contributed by atoms with Crippen LogP contribution in [0.1, 0.15) is 58.5 Å². The number of rotatable bonds is 4. The number of anilines is 2. The maximum Gasteiger partial charge on any atom is 0.362 e. The Morgan fingerprint density at radius 1 is 1.19 bits per heavy atom. The van der Waals surface area contributed by atoms with Crippen LogP contribution in [0.25, 0.3) is 21.3 Å². The summed E-state index contributed by atoms with van der Waals surface area (Å²) < 4.78 is 6.25. The van der Waals surface area contributed by atoms with E-state index in [1.165, 1.54) is 30.7 Å². The molecule has 0 spiro atoms. The van der Waals surface area contributed by atoms with Gasteiger partial charge in [0, 0.05) is 18.7 Å². The number of thiazole rings is 1. The fourth-order valence-electron chi connectivity index (χ4n) is 4.90. The van der Waals surface area contributed by atoms with Crippen molar-refractivity contribution >= 4 is 55.3 Å². The third kappa shape index (κ3) is 4.19. The van der Waals surface area contributed by atoms with Gasteiger partial charge in [-0.3, -0.25) is 9.59 Å². The maximum atomic E-state index is 13.7. The van der Waals surface area contributed by atoms with Crippen LogP contribution in [0.5, 0.6) is 0 Å². The summed E-state index contributed by atoms with van der Waals surface area (Å²) in [4.78, 5) is 50.8. The highest BCUT2D eigenvalue weighted by Crippen LogP contribution is 2.39. The van der Waals surface area contributed by atoms with Gasteiger partial charge in [0.25, 0.3) is 11.5 Å². The second-order valence-corrected chi connectivity index (χ2v) is 10.0. The molecule has 188 valence electrons. The zero-order valence-electron chi connectivity index (χ0n) is 20.4. The van der Waals surface area contributed by atoms with E-state index in [0.717, 1.165) is 54.4 Å². The highest BCUT2D eigenvalue weighted by molar-refractivity contribution is 7.23. The molecule has 2 aromatic carbocycles. The number of fused-ring (bicyclic) bond motifs is 3. The minimum atomic E-state index is -0.945. The zero-order valence-corrected chi connectivity index (χ0v) is 21.2. The lowest BCUT2D eigenvalue weighted by atomic mass is 9.94. The Bertz CT molecular complexity index is 1640. The Hall–Kier alpha value is -4.30. The third-order valence-electron chi connectivity index (χ3n) is 6.82. The number of benzene rings is 2. The monoisotopic (exact) mass is 516 g/mol. The topological polar surface area (TPSA) is 144 Å². The van der Waals surface area contributed by atoms with E-state index in [2.05, 4.69) is 14.9 Å². The number of nitriles is 1. The molecule has 1 saturated carbocycles. The number of ether oxygens (including phenoxy) is 1. The molecule has 0 saturated heterocycles. The molecule has 0 amide bonds. The molecule has 0 aliphatic heterocycles. The van der Waals surface area contributed by atoms with Crippen molar-refractivity contribution in [2.24, 2.45) is 0 Å². The van der Waals surface area contributed by atoms with E-state index in [-0.39, 0.29) is 21.7 Å². The van der Waals surface area contributed by atoms with Crippen LogP contribution < -0.4 is 16.2 Å². The summed E-state index contributed by atoms with van der Waals surface area (Å²) in [7, 11) is 3.14. The lowest BCUT2D eigenvalue weighted by Gasteiger charge is -2.33. The minimum Gasteiger partial charge on any atom is -0.464 e. The smallest absolute Gasteiger partial charge is 0.362 e. The second-order valence-electron chi connectivity index (χ2n) is 8.98. The quantitative estimate of drug-likeness (QED) is 0.401. The van der Waals surface area contributed by atoms with Crippen molar-refractivity contribution in [3.63, 3.8) is 0 Å². The largest absolute Gasteiger partial charge is 0.464 e.